The van der Waals surface area contributed by atoms with Gasteiger partial charge in [-0.1, -0.05) is 0 Å². The zero-order chi connectivity index (χ0) is 11.4. The summed E-state index contributed by atoms with van der Waals surface area (Å²) in [5.41, 5.74) is 0. The van der Waals surface area contributed by atoms with Crippen LogP contribution in [-0.4, -0.2) is 49.4 Å². The maximum atomic E-state index is 11.9. The van der Waals surface area contributed by atoms with Gasteiger partial charge < -0.3 is 15.5 Å². The highest BCUT2D eigenvalue weighted by Crippen LogP contribution is 2.18. The zero-order valence-corrected chi connectivity index (χ0v) is 9.54. The second-order valence-electron chi connectivity index (χ2n) is 3.81. The summed E-state index contributed by atoms with van der Waals surface area (Å²) in [6, 6.07) is -0.506. The third-order valence-corrected chi connectivity index (χ3v) is 2.89. The minimum absolute atomic E-state index is 0.00333. The Morgan fingerprint density at radius 2 is 2.07 bits per heavy atom. The van der Waals surface area contributed by atoms with Gasteiger partial charge in [-0.3, -0.25) is 9.59 Å². The van der Waals surface area contributed by atoms with Crippen molar-refractivity contribution in [3.05, 3.63) is 0 Å². The van der Waals surface area contributed by atoms with Gasteiger partial charge in [-0.15, -0.1) is 0 Å². The fourth-order valence-corrected chi connectivity index (χ4v) is 1.84. The lowest BCUT2D eigenvalue weighted by molar-refractivity contribution is -0.139. The molecule has 1 aliphatic rings. The first-order chi connectivity index (χ1) is 7.11. The van der Waals surface area contributed by atoms with Gasteiger partial charge in [0.15, 0.2) is 0 Å². The molecule has 2 unspecified atom stereocenters. The number of nitrogens with zero attached hydrogens (tertiary/aromatic N) is 1. The molecule has 1 rings (SSSR count). The molecule has 1 fully saturated rings. The lowest BCUT2D eigenvalue weighted by Crippen LogP contribution is -2.50. The quantitative estimate of drug-likeness (QED) is 0.653. The van der Waals surface area contributed by atoms with Crippen LogP contribution in [0, 0.1) is 0 Å². The average molecular weight is 213 g/mol. The van der Waals surface area contributed by atoms with Gasteiger partial charge >= 0.3 is 0 Å². The van der Waals surface area contributed by atoms with Gasteiger partial charge in [-0.2, -0.15) is 0 Å². The summed E-state index contributed by atoms with van der Waals surface area (Å²) in [5, 5.41) is 5.49. The van der Waals surface area contributed by atoms with E-state index in [0.29, 0.717) is 6.54 Å². The highest BCUT2D eigenvalue weighted by atomic mass is 16.2. The van der Waals surface area contributed by atoms with E-state index in [1.807, 2.05) is 6.92 Å². The molecule has 5 heteroatoms. The Balaban J connectivity index is 2.68. The van der Waals surface area contributed by atoms with Crippen LogP contribution in [0.1, 0.15) is 19.8 Å². The van der Waals surface area contributed by atoms with Gasteiger partial charge in [-0.05, 0) is 26.8 Å². The molecule has 5 nitrogen and oxygen atoms in total. The average Bonchev–Trinajstić information content (AvgIpc) is 2.74. The van der Waals surface area contributed by atoms with Crippen LogP contribution < -0.4 is 10.6 Å². The molecule has 2 atom stereocenters. The van der Waals surface area contributed by atoms with Gasteiger partial charge in [0.2, 0.25) is 11.8 Å². The zero-order valence-electron chi connectivity index (χ0n) is 9.54. The predicted octanol–water partition coefficient (Wildman–Crippen LogP) is -0.669. The molecule has 0 aromatic heterocycles. The summed E-state index contributed by atoms with van der Waals surface area (Å²) in [4.78, 5) is 25.1. The molecule has 0 aromatic rings. The maximum absolute atomic E-state index is 11.9. The number of carbonyl (C=O) groups is 2. The molecule has 2 amide bonds. The molecule has 0 bridgehead atoms. The van der Waals surface area contributed by atoms with Crippen molar-refractivity contribution in [3.8, 4) is 0 Å². The summed E-state index contributed by atoms with van der Waals surface area (Å²) < 4.78 is 0. The van der Waals surface area contributed by atoms with Gasteiger partial charge in [0.05, 0.1) is 6.04 Å². The molecule has 1 saturated heterocycles. The molecule has 15 heavy (non-hydrogen) atoms. The Morgan fingerprint density at radius 3 is 2.60 bits per heavy atom. The lowest BCUT2D eigenvalue weighted by Gasteiger charge is -2.26. The van der Waals surface area contributed by atoms with Gasteiger partial charge in [0, 0.05) is 13.6 Å². The van der Waals surface area contributed by atoms with Gasteiger partial charge in [-0.25, -0.2) is 0 Å². The molecule has 0 radical (unpaired) electrons. The molecular formula is C10H19N3O2. The van der Waals surface area contributed by atoms with Crippen molar-refractivity contribution < 1.29 is 9.59 Å². The van der Waals surface area contributed by atoms with E-state index in [0.717, 1.165) is 12.8 Å². The molecular weight excluding hydrogens is 194 g/mol. The van der Waals surface area contributed by atoms with Crippen LogP contribution in [-0.2, 0) is 9.59 Å². The summed E-state index contributed by atoms with van der Waals surface area (Å²) in [5.74, 6) is -0.0623. The summed E-state index contributed by atoms with van der Waals surface area (Å²) >= 11 is 0. The van der Waals surface area contributed by atoms with Crippen molar-refractivity contribution in [2.24, 2.45) is 0 Å². The number of likely N-dealkylation sites (tertiary alicyclic amines) is 1. The number of hydrogen-bond acceptors (Lipinski definition) is 3. The first-order valence-corrected chi connectivity index (χ1v) is 5.31. The van der Waals surface area contributed by atoms with E-state index in [9.17, 15) is 9.59 Å². The first kappa shape index (κ1) is 12.0. The number of carbonyl (C=O) groups excluding carboxylic acids is 2. The fourth-order valence-electron chi connectivity index (χ4n) is 1.84. The normalized spacial score (nSPS) is 22.6. The Morgan fingerprint density at radius 1 is 1.40 bits per heavy atom. The third-order valence-electron chi connectivity index (χ3n) is 2.89. The highest BCUT2D eigenvalue weighted by Gasteiger charge is 2.34. The molecule has 1 heterocycles. The van der Waals surface area contributed by atoms with E-state index in [1.54, 1.807) is 19.0 Å². The van der Waals surface area contributed by atoms with Crippen LogP contribution >= 0.6 is 0 Å². The van der Waals surface area contributed by atoms with Crippen LogP contribution in [0.3, 0.4) is 0 Å². The Bertz CT molecular complexity index is 255. The topological polar surface area (TPSA) is 61.4 Å². The number of likely N-dealkylation sites (N-methyl/N-ethyl adjacent to an activating group) is 2. The molecule has 86 valence electrons. The largest absolute Gasteiger partial charge is 0.357 e. The number of hydrogen-bond donors (Lipinski definition) is 2. The summed E-state index contributed by atoms with van der Waals surface area (Å²) in [7, 11) is 3.35. The van der Waals surface area contributed by atoms with E-state index in [4.69, 9.17) is 0 Å². The summed E-state index contributed by atoms with van der Waals surface area (Å²) in [6.45, 7) is 2.49. The van der Waals surface area contributed by atoms with Crippen LogP contribution in [0.2, 0.25) is 0 Å². The van der Waals surface area contributed by atoms with Crippen LogP contribution in [0.5, 0.6) is 0 Å². The van der Waals surface area contributed by atoms with Crippen molar-refractivity contribution in [3.63, 3.8) is 0 Å². The molecule has 2 N–H and O–H groups in total. The van der Waals surface area contributed by atoms with E-state index in [2.05, 4.69) is 10.6 Å². The predicted molar refractivity (Wildman–Crippen MR) is 57.3 cm³/mol. The molecule has 0 spiro atoms. The Hall–Kier alpha value is -1.10. The first-order valence-electron chi connectivity index (χ1n) is 5.31. The second-order valence-corrected chi connectivity index (χ2v) is 3.81. The highest BCUT2D eigenvalue weighted by molar-refractivity contribution is 5.90. The van der Waals surface area contributed by atoms with Gasteiger partial charge in [0.1, 0.15) is 6.04 Å². The fraction of sp³-hybridized carbons (Fsp3) is 0.800. The third kappa shape index (κ3) is 2.47. The molecule has 0 aliphatic carbocycles. The summed E-state index contributed by atoms with van der Waals surface area (Å²) in [6.07, 6.45) is 1.67. The number of amides is 2. The minimum Gasteiger partial charge on any atom is -0.357 e. The smallest absolute Gasteiger partial charge is 0.242 e. The second kappa shape index (κ2) is 5.11. The van der Waals surface area contributed by atoms with Crippen molar-refractivity contribution in [1.82, 2.24) is 15.5 Å². The molecule has 0 saturated carbocycles. The van der Waals surface area contributed by atoms with E-state index < -0.39 is 0 Å². The van der Waals surface area contributed by atoms with Crippen molar-refractivity contribution in [2.75, 3.05) is 20.6 Å². The minimum atomic E-state index is -0.279. The van der Waals surface area contributed by atoms with Crippen molar-refractivity contribution in [1.29, 1.82) is 0 Å². The van der Waals surface area contributed by atoms with E-state index >= 15 is 0 Å². The maximum Gasteiger partial charge on any atom is 0.242 e. The SMILES string of the molecule is CNC(=O)C1CCCN1C(=O)C(C)NC. The Labute approximate surface area is 90.2 Å². The van der Waals surface area contributed by atoms with Crippen LogP contribution in [0.25, 0.3) is 0 Å². The molecule has 1 aliphatic heterocycles. The van der Waals surface area contributed by atoms with Gasteiger partial charge in [0.25, 0.3) is 0 Å². The lowest BCUT2D eigenvalue weighted by atomic mass is 10.2. The Kier molecular flexibility index (Phi) is 4.08. The van der Waals surface area contributed by atoms with E-state index in [1.165, 1.54) is 0 Å². The van der Waals surface area contributed by atoms with Crippen molar-refractivity contribution >= 4 is 11.8 Å². The number of nitrogens with one attached hydrogen (secondary N) is 2. The van der Waals surface area contributed by atoms with Crippen LogP contribution in [0.15, 0.2) is 0 Å². The molecule has 0 aromatic carbocycles. The monoisotopic (exact) mass is 213 g/mol. The standard InChI is InChI=1S/C10H19N3O2/c1-7(11-2)10(15)13-6-4-5-8(13)9(14)12-3/h7-8,11H,4-6H2,1-3H3,(H,12,14). The van der Waals surface area contributed by atoms with E-state index in [-0.39, 0.29) is 23.9 Å². The van der Waals surface area contributed by atoms with Crippen LogP contribution in [0.4, 0.5) is 0 Å². The number of rotatable bonds is 3. The van der Waals surface area contributed by atoms with Crippen molar-refractivity contribution in [2.45, 2.75) is 31.8 Å².